The maximum Gasteiger partial charge on any atom is 0.246 e. The Kier molecular flexibility index (Phi) is 5.46. The van der Waals surface area contributed by atoms with Crippen LogP contribution in [-0.2, 0) is 16.6 Å². The molecule has 1 aromatic rings. The minimum absolute atomic E-state index is 0.163. The van der Waals surface area contributed by atoms with E-state index < -0.39 is 15.8 Å². The molecule has 0 bridgehead atoms. The van der Waals surface area contributed by atoms with Crippen molar-refractivity contribution >= 4 is 10.0 Å². The Balaban J connectivity index is 3.26. The van der Waals surface area contributed by atoms with E-state index in [2.05, 4.69) is 0 Å². The Hall–Kier alpha value is -0.980. The number of halogens is 1. The third kappa shape index (κ3) is 3.32. The minimum Gasteiger partial charge on any atom is -0.326 e. The van der Waals surface area contributed by atoms with Gasteiger partial charge in [0.2, 0.25) is 10.0 Å². The highest BCUT2D eigenvalue weighted by Gasteiger charge is 2.29. The van der Waals surface area contributed by atoms with Crippen molar-refractivity contribution in [1.82, 2.24) is 4.31 Å². The SMILES string of the molecule is CCC(C)N(CC)S(=O)(=O)c1ccc(CN)cc1F. The monoisotopic (exact) mass is 288 g/mol. The van der Waals surface area contributed by atoms with Gasteiger partial charge < -0.3 is 5.73 Å². The summed E-state index contributed by atoms with van der Waals surface area (Å²) >= 11 is 0. The first kappa shape index (κ1) is 16.1. The van der Waals surface area contributed by atoms with Crippen molar-refractivity contribution in [3.63, 3.8) is 0 Å². The zero-order valence-corrected chi connectivity index (χ0v) is 12.4. The molecule has 0 saturated heterocycles. The lowest BCUT2D eigenvalue weighted by atomic mass is 10.2. The molecule has 0 aliphatic heterocycles. The first-order valence-corrected chi connectivity index (χ1v) is 7.82. The minimum atomic E-state index is -3.80. The standard InChI is InChI=1S/C13H21FN2O2S/c1-4-10(3)16(5-2)19(17,18)13-7-6-11(9-15)8-12(13)14/h6-8,10H,4-5,9,15H2,1-3H3. The number of nitrogens with two attached hydrogens (primary N) is 1. The van der Waals surface area contributed by atoms with Crippen LogP contribution in [0, 0.1) is 5.82 Å². The van der Waals surface area contributed by atoms with Crippen LogP contribution in [-0.4, -0.2) is 25.3 Å². The van der Waals surface area contributed by atoms with Crippen LogP contribution >= 0.6 is 0 Å². The van der Waals surface area contributed by atoms with E-state index >= 15 is 0 Å². The van der Waals surface area contributed by atoms with E-state index in [9.17, 15) is 12.8 Å². The highest BCUT2D eigenvalue weighted by Crippen LogP contribution is 2.22. The van der Waals surface area contributed by atoms with Gasteiger partial charge >= 0.3 is 0 Å². The second-order valence-electron chi connectivity index (χ2n) is 4.43. The van der Waals surface area contributed by atoms with E-state index in [4.69, 9.17) is 5.73 Å². The van der Waals surface area contributed by atoms with Crippen LogP contribution in [0.2, 0.25) is 0 Å². The number of nitrogens with zero attached hydrogens (tertiary/aromatic N) is 1. The van der Waals surface area contributed by atoms with Gasteiger partial charge in [0.25, 0.3) is 0 Å². The number of hydrogen-bond donors (Lipinski definition) is 1. The number of sulfonamides is 1. The molecule has 1 rings (SSSR count). The third-order valence-corrected chi connectivity index (χ3v) is 5.34. The second kappa shape index (κ2) is 6.45. The number of rotatable bonds is 6. The van der Waals surface area contributed by atoms with Gasteiger partial charge in [0, 0.05) is 19.1 Å². The molecule has 0 spiro atoms. The molecule has 1 atom stereocenters. The summed E-state index contributed by atoms with van der Waals surface area (Å²) in [5.74, 6) is -0.746. The molecule has 0 radical (unpaired) electrons. The predicted molar refractivity (Wildman–Crippen MR) is 73.6 cm³/mol. The van der Waals surface area contributed by atoms with Crippen LogP contribution in [0.3, 0.4) is 0 Å². The second-order valence-corrected chi connectivity index (χ2v) is 6.29. The fraction of sp³-hybridized carbons (Fsp3) is 0.538. The summed E-state index contributed by atoms with van der Waals surface area (Å²) in [6.45, 7) is 5.95. The molecule has 0 saturated carbocycles. The number of benzene rings is 1. The molecule has 0 aliphatic rings. The lowest BCUT2D eigenvalue weighted by Gasteiger charge is -2.26. The van der Waals surface area contributed by atoms with Gasteiger partial charge in [-0.05, 0) is 31.0 Å². The summed E-state index contributed by atoms with van der Waals surface area (Å²) in [6, 6.07) is 3.85. The largest absolute Gasteiger partial charge is 0.326 e. The van der Waals surface area contributed by atoms with E-state index in [1.54, 1.807) is 13.0 Å². The van der Waals surface area contributed by atoms with E-state index in [0.29, 0.717) is 18.5 Å². The van der Waals surface area contributed by atoms with Gasteiger partial charge in [-0.1, -0.05) is 19.9 Å². The van der Waals surface area contributed by atoms with Crippen molar-refractivity contribution in [2.75, 3.05) is 6.54 Å². The van der Waals surface area contributed by atoms with Crippen LogP contribution in [0.1, 0.15) is 32.8 Å². The summed E-state index contributed by atoms with van der Waals surface area (Å²) in [5.41, 5.74) is 5.98. The molecule has 0 aliphatic carbocycles. The first-order chi connectivity index (χ1) is 8.88. The molecule has 1 unspecified atom stereocenters. The zero-order valence-electron chi connectivity index (χ0n) is 11.6. The Bertz CT molecular complexity index is 531. The van der Waals surface area contributed by atoms with Gasteiger partial charge in [0.1, 0.15) is 10.7 Å². The summed E-state index contributed by atoms with van der Waals surface area (Å²) in [4.78, 5) is -0.285. The van der Waals surface area contributed by atoms with Crippen molar-refractivity contribution in [2.45, 2.75) is 44.7 Å². The van der Waals surface area contributed by atoms with Crippen molar-refractivity contribution < 1.29 is 12.8 Å². The quantitative estimate of drug-likeness (QED) is 0.872. The first-order valence-electron chi connectivity index (χ1n) is 6.38. The molecule has 1 aromatic carbocycles. The van der Waals surface area contributed by atoms with Crippen LogP contribution in [0.25, 0.3) is 0 Å². The molecule has 19 heavy (non-hydrogen) atoms. The molecule has 108 valence electrons. The molecule has 6 heteroatoms. The van der Waals surface area contributed by atoms with Gasteiger partial charge in [0.05, 0.1) is 0 Å². The van der Waals surface area contributed by atoms with Gasteiger partial charge in [-0.3, -0.25) is 0 Å². The van der Waals surface area contributed by atoms with Gasteiger partial charge in [-0.25, -0.2) is 12.8 Å². The molecule has 4 nitrogen and oxygen atoms in total. The third-order valence-electron chi connectivity index (χ3n) is 3.21. The highest BCUT2D eigenvalue weighted by molar-refractivity contribution is 7.89. The molecule has 0 fully saturated rings. The van der Waals surface area contributed by atoms with Crippen LogP contribution < -0.4 is 5.73 Å². The fourth-order valence-electron chi connectivity index (χ4n) is 1.93. The van der Waals surface area contributed by atoms with Gasteiger partial charge in [-0.15, -0.1) is 0 Å². The fourth-order valence-corrected chi connectivity index (χ4v) is 3.69. The maximum absolute atomic E-state index is 13.9. The Labute approximate surface area is 114 Å². The van der Waals surface area contributed by atoms with E-state index in [1.165, 1.54) is 16.4 Å². The molecule has 2 N–H and O–H groups in total. The van der Waals surface area contributed by atoms with Crippen LogP contribution in [0.5, 0.6) is 0 Å². The average Bonchev–Trinajstić information content (AvgIpc) is 2.38. The molecule has 0 amide bonds. The van der Waals surface area contributed by atoms with Gasteiger partial charge in [0.15, 0.2) is 0 Å². The van der Waals surface area contributed by atoms with Gasteiger partial charge in [-0.2, -0.15) is 4.31 Å². The van der Waals surface area contributed by atoms with E-state index in [-0.39, 0.29) is 17.5 Å². The molecule has 0 heterocycles. The zero-order chi connectivity index (χ0) is 14.6. The molecular weight excluding hydrogens is 267 g/mol. The predicted octanol–water partition coefficient (Wildman–Crippen LogP) is 2.09. The average molecular weight is 288 g/mol. The maximum atomic E-state index is 13.9. The Morgan fingerprint density at radius 3 is 2.42 bits per heavy atom. The summed E-state index contributed by atoms with van der Waals surface area (Å²) < 4.78 is 40.1. The normalized spacial score (nSPS) is 13.8. The van der Waals surface area contributed by atoms with Crippen molar-refractivity contribution in [3.05, 3.63) is 29.6 Å². The molecular formula is C13H21FN2O2S. The Morgan fingerprint density at radius 2 is 2.00 bits per heavy atom. The summed E-state index contributed by atoms with van der Waals surface area (Å²) in [6.07, 6.45) is 0.676. The molecule has 0 aromatic heterocycles. The van der Waals surface area contributed by atoms with Crippen molar-refractivity contribution in [1.29, 1.82) is 0 Å². The summed E-state index contributed by atoms with van der Waals surface area (Å²) in [7, 11) is -3.80. The smallest absolute Gasteiger partial charge is 0.246 e. The van der Waals surface area contributed by atoms with E-state index in [1.807, 2.05) is 13.8 Å². The van der Waals surface area contributed by atoms with Crippen LogP contribution in [0.4, 0.5) is 4.39 Å². The van der Waals surface area contributed by atoms with Crippen LogP contribution in [0.15, 0.2) is 23.1 Å². The lowest BCUT2D eigenvalue weighted by Crippen LogP contribution is -2.38. The van der Waals surface area contributed by atoms with Crippen molar-refractivity contribution in [3.8, 4) is 0 Å². The highest BCUT2D eigenvalue weighted by atomic mass is 32.2. The van der Waals surface area contributed by atoms with E-state index in [0.717, 1.165) is 0 Å². The number of hydrogen-bond acceptors (Lipinski definition) is 3. The lowest BCUT2D eigenvalue weighted by molar-refractivity contribution is 0.341. The topological polar surface area (TPSA) is 63.4 Å². The summed E-state index contributed by atoms with van der Waals surface area (Å²) in [5, 5.41) is 0. The Morgan fingerprint density at radius 1 is 1.37 bits per heavy atom. The van der Waals surface area contributed by atoms with Crippen molar-refractivity contribution in [2.24, 2.45) is 5.73 Å².